The van der Waals surface area contributed by atoms with Gasteiger partial charge in [0.05, 0.1) is 5.92 Å². The zero-order valence-corrected chi connectivity index (χ0v) is 11.1. The minimum Gasteiger partial charge on any atom is -0.481 e. The van der Waals surface area contributed by atoms with Crippen LogP contribution in [-0.4, -0.2) is 33.2 Å². The molecule has 1 aromatic heterocycles. The van der Waals surface area contributed by atoms with E-state index in [1.165, 1.54) is 25.0 Å². The SMILES string of the molecule is O=C(O)C1CCc2cnc(CC3CCCCN3)n2C1. The summed E-state index contributed by atoms with van der Waals surface area (Å²) in [6.07, 6.45) is 8.16. The highest BCUT2D eigenvalue weighted by atomic mass is 16.4. The molecule has 2 aliphatic heterocycles. The molecule has 3 rings (SSSR count). The van der Waals surface area contributed by atoms with Gasteiger partial charge in [-0.1, -0.05) is 6.42 Å². The summed E-state index contributed by atoms with van der Waals surface area (Å²) in [4.78, 5) is 15.7. The molecule has 1 aromatic rings. The molecule has 0 spiro atoms. The van der Waals surface area contributed by atoms with Gasteiger partial charge in [-0.15, -0.1) is 0 Å². The van der Waals surface area contributed by atoms with E-state index in [2.05, 4.69) is 14.9 Å². The minimum absolute atomic E-state index is 0.250. The Kier molecular flexibility index (Phi) is 3.55. The fourth-order valence-corrected chi connectivity index (χ4v) is 3.19. The number of carbonyl (C=O) groups is 1. The van der Waals surface area contributed by atoms with E-state index in [0.717, 1.165) is 31.6 Å². The zero-order valence-electron chi connectivity index (χ0n) is 11.1. The molecule has 0 aromatic carbocycles. The maximum Gasteiger partial charge on any atom is 0.308 e. The number of aliphatic carboxylic acids is 1. The lowest BCUT2D eigenvalue weighted by Crippen LogP contribution is -2.37. The van der Waals surface area contributed by atoms with Gasteiger partial charge in [-0.3, -0.25) is 4.79 Å². The molecule has 2 unspecified atom stereocenters. The number of fused-ring (bicyclic) bond motifs is 1. The Bertz CT molecular complexity index is 463. The molecule has 1 fully saturated rings. The van der Waals surface area contributed by atoms with Gasteiger partial charge >= 0.3 is 5.97 Å². The molecule has 0 saturated carbocycles. The first-order valence-corrected chi connectivity index (χ1v) is 7.23. The van der Waals surface area contributed by atoms with Gasteiger partial charge in [-0.2, -0.15) is 0 Å². The molecule has 0 bridgehead atoms. The Morgan fingerprint density at radius 2 is 2.37 bits per heavy atom. The lowest BCUT2D eigenvalue weighted by atomic mass is 9.97. The van der Waals surface area contributed by atoms with Crippen LogP contribution >= 0.6 is 0 Å². The fourth-order valence-electron chi connectivity index (χ4n) is 3.19. The third-order valence-electron chi connectivity index (χ3n) is 4.36. The maximum absolute atomic E-state index is 11.1. The first kappa shape index (κ1) is 12.7. The molecule has 2 aliphatic rings. The molecule has 5 nitrogen and oxygen atoms in total. The van der Waals surface area contributed by atoms with Gasteiger partial charge in [-0.25, -0.2) is 4.98 Å². The highest BCUT2D eigenvalue weighted by molar-refractivity contribution is 5.70. The number of carboxylic acids is 1. The van der Waals surface area contributed by atoms with Gasteiger partial charge in [0, 0.05) is 30.9 Å². The monoisotopic (exact) mass is 263 g/mol. The van der Waals surface area contributed by atoms with Crippen LogP contribution in [0.5, 0.6) is 0 Å². The van der Waals surface area contributed by atoms with Crippen LogP contribution in [0.25, 0.3) is 0 Å². The summed E-state index contributed by atoms with van der Waals surface area (Å²) in [5.41, 5.74) is 1.20. The number of carboxylic acid groups (broad SMARTS) is 1. The van der Waals surface area contributed by atoms with Crippen LogP contribution in [0.4, 0.5) is 0 Å². The van der Waals surface area contributed by atoms with Crippen molar-refractivity contribution in [3.05, 3.63) is 17.7 Å². The Balaban J connectivity index is 1.73. The van der Waals surface area contributed by atoms with Crippen LogP contribution in [0.15, 0.2) is 6.20 Å². The molecule has 1 saturated heterocycles. The number of hydrogen-bond donors (Lipinski definition) is 2. The van der Waals surface area contributed by atoms with E-state index < -0.39 is 5.97 Å². The van der Waals surface area contributed by atoms with Crippen LogP contribution in [0.1, 0.15) is 37.2 Å². The number of nitrogens with zero attached hydrogens (tertiary/aromatic N) is 2. The molecule has 0 radical (unpaired) electrons. The predicted molar refractivity (Wildman–Crippen MR) is 71.0 cm³/mol. The maximum atomic E-state index is 11.1. The average molecular weight is 263 g/mol. The van der Waals surface area contributed by atoms with Crippen molar-refractivity contribution in [2.24, 2.45) is 5.92 Å². The number of imidazole rings is 1. The summed E-state index contributed by atoms with van der Waals surface area (Å²) < 4.78 is 2.14. The lowest BCUT2D eigenvalue weighted by molar-refractivity contribution is -0.142. The number of aromatic nitrogens is 2. The van der Waals surface area contributed by atoms with E-state index in [9.17, 15) is 4.79 Å². The lowest BCUT2D eigenvalue weighted by Gasteiger charge is -2.26. The molecule has 3 heterocycles. The third kappa shape index (κ3) is 2.66. The second kappa shape index (κ2) is 5.33. The van der Waals surface area contributed by atoms with Crippen LogP contribution in [0.2, 0.25) is 0 Å². The van der Waals surface area contributed by atoms with Crippen LogP contribution in [0, 0.1) is 5.92 Å². The molecular weight excluding hydrogens is 242 g/mol. The van der Waals surface area contributed by atoms with Crippen molar-refractivity contribution in [2.45, 2.75) is 51.1 Å². The largest absolute Gasteiger partial charge is 0.481 e. The molecule has 0 amide bonds. The van der Waals surface area contributed by atoms with Crippen LogP contribution in [-0.2, 0) is 24.2 Å². The zero-order chi connectivity index (χ0) is 13.2. The van der Waals surface area contributed by atoms with Gasteiger partial charge in [0.2, 0.25) is 0 Å². The van der Waals surface area contributed by atoms with Gasteiger partial charge in [0.1, 0.15) is 5.82 Å². The van der Waals surface area contributed by atoms with E-state index in [1.54, 1.807) is 0 Å². The van der Waals surface area contributed by atoms with Crippen molar-refractivity contribution in [2.75, 3.05) is 6.54 Å². The summed E-state index contributed by atoms with van der Waals surface area (Å²) in [5, 5.41) is 12.7. The van der Waals surface area contributed by atoms with Crippen LogP contribution < -0.4 is 5.32 Å². The molecule has 2 atom stereocenters. The predicted octanol–water partition coefficient (Wildman–Crippen LogP) is 1.21. The highest BCUT2D eigenvalue weighted by Gasteiger charge is 2.27. The summed E-state index contributed by atoms with van der Waals surface area (Å²) in [6.45, 7) is 1.68. The summed E-state index contributed by atoms with van der Waals surface area (Å²) in [5.74, 6) is 0.126. The summed E-state index contributed by atoms with van der Waals surface area (Å²) >= 11 is 0. The Morgan fingerprint density at radius 3 is 3.11 bits per heavy atom. The molecule has 19 heavy (non-hydrogen) atoms. The molecule has 2 N–H and O–H groups in total. The normalized spacial score (nSPS) is 26.9. The number of aryl methyl sites for hydroxylation is 1. The summed E-state index contributed by atoms with van der Waals surface area (Å²) in [7, 11) is 0. The third-order valence-corrected chi connectivity index (χ3v) is 4.36. The summed E-state index contributed by atoms with van der Waals surface area (Å²) in [6, 6.07) is 0.505. The van der Waals surface area contributed by atoms with E-state index in [1.807, 2.05) is 6.20 Å². The van der Waals surface area contributed by atoms with E-state index in [-0.39, 0.29) is 5.92 Å². The Labute approximate surface area is 113 Å². The van der Waals surface area contributed by atoms with Crippen molar-refractivity contribution in [3.63, 3.8) is 0 Å². The van der Waals surface area contributed by atoms with Crippen molar-refractivity contribution >= 4 is 5.97 Å². The van der Waals surface area contributed by atoms with Crippen molar-refractivity contribution in [1.29, 1.82) is 0 Å². The quantitative estimate of drug-likeness (QED) is 0.860. The first-order valence-electron chi connectivity index (χ1n) is 7.23. The van der Waals surface area contributed by atoms with Crippen LogP contribution in [0.3, 0.4) is 0 Å². The minimum atomic E-state index is -0.680. The number of hydrogen-bond acceptors (Lipinski definition) is 3. The van der Waals surface area contributed by atoms with Gasteiger partial charge in [0.25, 0.3) is 0 Å². The van der Waals surface area contributed by atoms with Crippen molar-refractivity contribution < 1.29 is 9.90 Å². The molecule has 104 valence electrons. The number of piperidine rings is 1. The van der Waals surface area contributed by atoms with E-state index in [0.29, 0.717) is 12.6 Å². The first-order chi connectivity index (χ1) is 9.24. The molecule has 0 aliphatic carbocycles. The smallest absolute Gasteiger partial charge is 0.308 e. The molecular formula is C14H21N3O2. The average Bonchev–Trinajstić information content (AvgIpc) is 2.82. The van der Waals surface area contributed by atoms with Crippen molar-refractivity contribution in [1.82, 2.24) is 14.9 Å². The second-order valence-electron chi connectivity index (χ2n) is 5.70. The van der Waals surface area contributed by atoms with Gasteiger partial charge in [-0.05, 0) is 32.2 Å². The highest BCUT2D eigenvalue weighted by Crippen LogP contribution is 2.23. The Hall–Kier alpha value is -1.36. The topological polar surface area (TPSA) is 67.2 Å². The van der Waals surface area contributed by atoms with E-state index >= 15 is 0 Å². The number of nitrogens with one attached hydrogen (secondary N) is 1. The van der Waals surface area contributed by atoms with E-state index in [4.69, 9.17) is 5.11 Å². The fraction of sp³-hybridized carbons (Fsp3) is 0.714. The van der Waals surface area contributed by atoms with Gasteiger partial charge < -0.3 is 15.0 Å². The number of rotatable bonds is 3. The second-order valence-corrected chi connectivity index (χ2v) is 5.70. The Morgan fingerprint density at radius 1 is 1.47 bits per heavy atom. The standard InChI is InChI=1S/C14H21N3O2/c18-14(19)10-4-5-12-8-16-13(17(12)9-10)7-11-3-1-2-6-15-11/h8,10-11,15H,1-7,9H2,(H,18,19). The van der Waals surface area contributed by atoms with Crippen molar-refractivity contribution in [3.8, 4) is 0 Å². The molecule has 5 heteroatoms. The van der Waals surface area contributed by atoms with Gasteiger partial charge in [0.15, 0.2) is 0 Å².